The summed E-state index contributed by atoms with van der Waals surface area (Å²) >= 11 is 0. The molecule has 0 fully saturated rings. The van der Waals surface area contributed by atoms with Gasteiger partial charge in [0.1, 0.15) is 5.75 Å². The van der Waals surface area contributed by atoms with E-state index in [0.29, 0.717) is 22.6 Å². The molecule has 132 valence electrons. The van der Waals surface area contributed by atoms with Crippen LogP contribution >= 0.6 is 0 Å². The van der Waals surface area contributed by atoms with Gasteiger partial charge in [-0.15, -0.1) is 0 Å². The van der Waals surface area contributed by atoms with Crippen molar-refractivity contribution in [2.24, 2.45) is 0 Å². The molecule has 0 saturated heterocycles. The second-order valence-electron chi connectivity index (χ2n) is 5.95. The second kappa shape index (κ2) is 7.65. The predicted octanol–water partition coefficient (Wildman–Crippen LogP) is 3.60. The number of aromatic nitrogens is 1. The molecule has 0 spiro atoms. The maximum absolute atomic E-state index is 12.3. The maximum atomic E-state index is 12.3. The third-order valence-electron chi connectivity index (χ3n) is 3.59. The van der Waals surface area contributed by atoms with Gasteiger partial charge >= 0.3 is 11.8 Å². The molecule has 6 nitrogen and oxygen atoms in total. The largest absolute Gasteiger partial charge is 0.489 e. The molecule has 3 rings (SSSR count). The van der Waals surface area contributed by atoms with Crippen LogP contribution in [0.5, 0.6) is 5.75 Å². The number of ether oxygens (including phenoxy) is 1. The van der Waals surface area contributed by atoms with Gasteiger partial charge in [0.2, 0.25) is 0 Å². The Morgan fingerprint density at radius 1 is 0.885 bits per heavy atom. The Bertz CT molecular complexity index is 948. The number of carbonyl (C=O) groups excluding carboxylic acids is 2. The van der Waals surface area contributed by atoms with Crippen molar-refractivity contribution in [2.75, 3.05) is 10.6 Å². The monoisotopic (exact) mass is 349 g/mol. The van der Waals surface area contributed by atoms with Crippen LogP contribution in [0, 0.1) is 0 Å². The first-order valence-corrected chi connectivity index (χ1v) is 8.26. The van der Waals surface area contributed by atoms with E-state index in [2.05, 4.69) is 15.6 Å². The summed E-state index contributed by atoms with van der Waals surface area (Å²) in [5, 5.41) is 6.07. The van der Waals surface area contributed by atoms with E-state index < -0.39 is 11.8 Å². The van der Waals surface area contributed by atoms with Crippen LogP contribution in [-0.4, -0.2) is 22.9 Å². The van der Waals surface area contributed by atoms with Gasteiger partial charge < -0.3 is 15.4 Å². The van der Waals surface area contributed by atoms with Crippen LogP contribution in [0.15, 0.2) is 60.8 Å². The number of pyridine rings is 1. The molecule has 1 heterocycles. The third-order valence-corrected chi connectivity index (χ3v) is 3.59. The molecule has 0 radical (unpaired) electrons. The lowest BCUT2D eigenvalue weighted by Crippen LogP contribution is -2.29. The topological polar surface area (TPSA) is 80.3 Å². The number of nitrogens with one attached hydrogen (secondary N) is 2. The van der Waals surface area contributed by atoms with Crippen LogP contribution in [0.3, 0.4) is 0 Å². The fourth-order valence-corrected chi connectivity index (χ4v) is 2.49. The van der Waals surface area contributed by atoms with E-state index in [1.54, 1.807) is 42.6 Å². The molecular formula is C20H19N3O3. The normalized spacial score (nSPS) is 10.6. The minimum atomic E-state index is -0.780. The van der Waals surface area contributed by atoms with Gasteiger partial charge in [-0.3, -0.25) is 14.6 Å². The average molecular weight is 349 g/mol. The lowest BCUT2D eigenvalue weighted by atomic mass is 10.2. The van der Waals surface area contributed by atoms with Crippen LogP contribution < -0.4 is 15.4 Å². The number of hydrogen-bond donors (Lipinski definition) is 2. The third kappa shape index (κ3) is 3.97. The molecule has 0 atom stereocenters. The van der Waals surface area contributed by atoms with Crippen LogP contribution in [-0.2, 0) is 9.59 Å². The van der Waals surface area contributed by atoms with E-state index in [1.807, 2.05) is 32.0 Å². The Labute approximate surface area is 151 Å². The molecular weight excluding hydrogens is 330 g/mol. The van der Waals surface area contributed by atoms with Crippen molar-refractivity contribution >= 4 is 34.1 Å². The summed E-state index contributed by atoms with van der Waals surface area (Å²) in [5.41, 5.74) is 1.55. The Morgan fingerprint density at radius 3 is 2.31 bits per heavy atom. The SMILES string of the molecule is CC(C)Oc1ccccc1NC(=O)C(=O)Nc1cccc2cccnc12. The summed E-state index contributed by atoms with van der Waals surface area (Å²) < 4.78 is 5.65. The summed E-state index contributed by atoms with van der Waals surface area (Å²) in [5.74, 6) is -1.05. The highest BCUT2D eigenvalue weighted by Crippen LogP contribution is 2.25. The van der Waals surface area contributed by atoms with Gasteiger partial charge in [0.25, 0.3) is 0 Å². The number of fused-ring (bicyclic) bond motifs is 1. The van der Waals surface area contributed by atoms with Gasteiger partial charge in [-0.05, 0) is 38.1 Å². The molecule has 6 heteroatoms. The molecule has 0 aliphatic carbocycles. The highest BCUT2D eigenvalue weighted by atomic mass is 16.5. The van der Waals surface area contributed by atoms with Gasteiger partial charge in [0.15, 0.2) is 0 Å². The Morgan fingerprint density at radius 2 is 1.54 bits per heavy atom. The summed E-state index contributed by atoms with van der Waals surface area (Å²) in [6.45, 7) is 3.78. The molecule has 3 aromatic rings. The zero-order valence-corrected chi connectivity index (χ0v) is 14.5. The Hall–Kier alpha value is -3.41. The van der Waals surface area contributed by atoms with E-state index in [-0.39, 0.29) is 6.10 Å². The molecule has 26 heavy (non-hydrogen) atoms. The van der Waals surface area contributed by atoms with E-state index in [9.17, 15) is 9.59 Å². The van der Waals surface area contributed by atoms with Gasteiger partial charge in [-0.2, -0.15) is 0 Å². The molecule has 0 aliphatic heterocycles. The highest BCUT2D eigenvalue weighted by Gasteiger charge is 2.17. The first-order chi connectivity index (χ1) is 12.5. The molecule has 0 unspecified atom stereocenters. The summed E-state index contributed by atoms with van der Waals surface area (Å²) in [6.07, 6.45) is 1.58. The number of amides is 2. The minimum absolute atomic E-state index is 0.0522. The number of carbonyl (C=O) groups is 2. The van der Waals surface area contributed by atoms with Crippen molar-refractivity contribution in [1.29, 1.82) is 0 Å². The molecule has 0 bridgehead atoms. The van der Waals surface area contributed by atoms with E-state index >= 15 is 0 Å². The highest BCUT2D eigenvalue weighted by molar-refractivity contribution is 6.44. The number of anilines is 2. The van der Waals surface area contributed by atoms with Crippen molar-refractivity contribution in [1.82, 2.24) is 4.98 Å². The standard InChI is InChI=1S/C20H19N3O3/c1-13(2)26-17-11-4-3-9-15(17)22-19(24)20(25)23-16-10-5-7-14-8-6-12-21-18(14)16/h3-13H,1-2H3,(H,22,24)(H,23,25). The first-order valence-electron chi connectivity index (χ1n) is 8.26. The number of hydrogen-bond acceptors (Lipinski definition) is 4. The Balaban J connectivity index is 1.76. The molecule has 0 saturated carbocycles. The quantitative estimate of drug-likeness (QED) is 0.705. The van der Waals surface area contributed by atoms with Crippen LogP contribution in [0.4, 0.5) is 11.4 Å². The van der Waals surface area contributed by atoms with Crippen LogP contribution in [0.2, 0.25) is 0 Å². The van der Waals surface area contributed by atoms with Gasteiger partial charge in [-0.1, -0.05) is 30.3 Å². The number of nitrogens with zero attached hydrogens (tertiary/aromatic N) is 1. The van der Waals surface area contributed by atoms with Crippen molar-refractivity contribution in [2.45, 2.75) is 20.0 Å². The van der Waals surface area contributed by atoms with Crippen molar-refractivity contribution < 1.29 is 14.3 Å². The van der Waals surface area contributed by atoms with Crippen LogP contribution in [0.1, 0.15) is 13.8 Å². The number of benzene rings is 2. The second-order valence-corrected chi connectivity index (χ2v) is 5.95. The van der Waals surface area contributed by atoms with Gasteiger partial charge in [0, 0.05) is 11.6 Å². The predicted molar refractivity (Wildman–Crippen MR) is 101 cm³/mol. The van der Waals surface area contributed by atoms with Crippen molar-refractivity contribution in [3.8, 4) is 5.75 Å². The van der Waals surface area contributed by atoms with Crippen molar-refractivity contribution in [3.05, 3.63) is 60.8 Å². The summed E-state index contributed by atoms with van der Waals surface area (Å²) in [7, 11) is 0. The number of para-hydroxylation sites is 3. The average Bonchev–Trinajstić information content (AvgIpc) is 2.63. The fraction of sp³-hybridized carbons (Fsp3) is 0.150. The zero-order chi connectivity index (χ0) is 18.5. The summed E-state index contributed by atoms with van der Waals surface area (Å²) in [4.78, 5) is 28.9. The molecule has 2 N–H and O–H groups in total. The molecule has 2 amide bonds. The van der Waals surface area contributed by atoms with Crippen LogP contribution in [0.25, 0.3) is 10.9 Å². The Kier molecular flexibility index (Phi) is 5.12. The smallest absolute Gasteiger partial charge is 0.314 e. The first kappa shape index (κ1) is 17.4. The van der Waals surface area contributed by atoms with E-state index in [1.165, 1.54) is 0 Å². The van der Waals surface area contributed by atoms with Gasteiger partial charge in [0.05, 0.1) is 23.0 Å². The lowest BCUT2D eigenvalue weighted by molar-refractivity contribution is -0.133. The molecule has 1 aromatic heterocycles. The fourth-order valence-electron chi connectivity index (χ4n) is 2.49. The minimum Gasteiger partial charge on any atom is -0.489 e. The zero-order valence-electron chi connectivity index (χ0n) is 14.5. The summed E-state index contributed by atoms with van der Waals surface area (Å²) in [6, 6.07) is 16.1. The lowest BCUT2D eigenvalue weighted by Gasteiger charge is -2.14. The van der Waals surface area contributed by atoms with Gasteiger partial charge in [-0.25, -0.2) is 0 Å². The molecule has 0 aliphatic rings. The molecule has 2 aromatic carbocycles. The van der Waals surface area contributed by atoms with E-state index in [0.717, 1.165) is 5.39 Å². The maximum Gasteiger partial charge on any atom is 0.314 e. The number of rotatable bonds is 4. The van der Waals surface area contributed by atoms with E-state index in [4.69, 9.17) is 4.74 Å². The van der Waals surface area contributed by atoms with Crippen molar-refractivity contribution in [3.63, 3.8) is 0 Å².